The number of nitrogens with zero attached hydrogens (tertiary/aromatic N) is 1. The molecule has 0 heterocycles. The van der Waals surface area contributed by atoms with E-state index in [9.17, 15) is 19.4 Å². The predicted molar refractivity (Wildman–Crippen MR) is 369 cm³/mol. The second-order valence-corrected chi connectivity index (χ2v) is 28.5. The lowest BCUT2D eigenvalue weighted by atomic mass is 10.0. The molecular weight excluding hydrogens is 1060 g/mol. The number of phosphoric acid groups is 1. The van der Waals surface area contributed by atoms with Crippen LogP contribution in [0.25, 0.3) is 0 Å². The van der Waals surface area contributed by atoms with Crippen molar-refractivity contribution in [2.45, 2.75) is 398 Å². The summed E-state index contributed by atoms with van der Waals surface area (Å²) in [5, 5.41) is 14.0. The number of hydrogen-bond donors (Lipinski definition) is 3. The van der Waals surface area contributed by atoms with Crippen molar-refractivity contribution in [1.82, 2.24) is 5.32 Å². The molecule has 1 amide bonds. The smallest absolute Gasteiger partial charge is 0.387 e. The van der Waals surface area contributed by atoms with Crippen molar-refractivity contribution < 1.29 is 32.9 Å². The molecule has 0 aliphatic heterocycles. The third-order valence-corrected chi connectivity index (χ3v) is 18.3. The minimum absolute atomic E-state index is 0.0642. The largest absolute Gasteiger partial charge is 0.472 e. The molecule has 9 heteroatoms. The van der Waals surface area contributed by atoms with Crippen LogP contribution in [-0.4, -0.2) is 73.4 Å². The summed E-state index contributed by atoms with van der Waals surface area (Å²) in [5.41, 5.74) is 0. The van der Waals surface area contributed by atoms with Gasteiger partial charge >= 0.3 is 7.82 Å². The number of carbonyl (C=O) groups excluding carboxylic acids is 1. The van der Waals surface area contributed by atoms with Gasteiger partial charge in [0.25, 0.3) is 0 Å². The third-order valence-electron chi connectivity index (χ3n) is 17.4. The zero-order valence-corrected chi connectivity index (χ0v) is 58.1. The zero-order valence-electron chi connectivity index (χ0n) is 57.2. The van der Waals surface area contributed by atoms with Gasteiger partial charge in [0.2, 0.25) is 5.91 Å². The number of quaternary nitrogens is 1. The van der Waals surface area contributed by atoms with Gasteiger partial charge in [0.15, 0.2) is 0 Å². The highest BCUT2D eigenvalue weighted by Gasteiger charge is 2.28. The summed E-state index contributed by atoms with van der Waals surface area (Å²) in [7, 11) is 1.59. The van der Waals surface area contributed by atoms with Crippen LogP contribution in [0.2, 0.25) is 0 Å². The van der Waals surface area contributed by atoms with Gasteiger partial charge in [-0.15, -0.1) is 0 Å². The van der Waals surface area contributed by atoms with Gasteiger partial charge in [-0.3, -0.25) is 13.8 Å². The van der Waals surface area contributed by atoms with Gasteiger partial charge in [0, 0.05) is 6.42 Å². The number of aliphatic hydroxyl groups excluding tert-OH is 1. The Morgan fingerprint density at radius 2 is 0.679 bits per heavy atom. The molecule has 0 bridgehead atoms. The van der Waals surface area contributed by atoms with Crippen LogP contribution < -0.4 is 5.32 Å². The predicted octanol–water partition coefficient (Wildman–Crippen LogP) is 24.0. The highest BCUT2D eigenvalue weighted by Crippen LogP contribution is 2.43. The van der Waals surface area contributed by atoms with E-state index in [1.807, 2.05) is 27.2 Å². The van der Waals surface area contributed by atoms with Gasteiger partial charge in [-0.1, -0.05) is 365 Å². The van der Waals surface area contributed by atoms with E-state index in [4.69, 9.17) is 9.05 Å². The number of carbonyl (C=O) groups is 1. The first-order chi connectivity index (χ1) is 41.0. The zero-order chi connectivity index (χ0) is 61.2. The number of hydrogen-bond acceptors (Lipinski definition) is 5. The van der Waals surface area contributed by atoms with Crippen LogP contribution in [0.3, 0.4) is 0 Å². The number of allylic oxidation sites excluding steroid dienone is 5. The Kier molecular flexibility index (Phi) is 65.1. The van der Waals surface area contributed by atoms with Crippen molar-refractivity contribution in [3.05, 3.63) is 36.5 Å². The molecule has 0 aromatic carbocycles. The molecule has 0 fully saturated rings. The highest BCUT2D eigenvalue weighted by molar-refractivity contribution is 7.47. The first-order valence-electron chi connectivity index (χ1n) is 37.4. The Bertz CT molecular complexity index is 1460. The van der Waals surface area contributed by atoms with Crippen molar-refractivity contribution >= 4 is 13.7 Å². The number of likely N-dealkylation sites (N-methyl/N-ethyl adjacent to an activating group) is 1. The van der Waals surface area contributed by atoms with Crippen molar-refractivity contribution in [2.75, 3.05) is 40.9 Å². The van der Waals surface area contributed by atoms with Gasteiger partial charge < -0.3 is 19.8 Å². The van der Waals surface area contributed by atoms with Crippen molar-refractivity contribution in [1.29, 1.82) is 0 Å². The van der Waals surface area contributed by atoms with Crippen LogP contribution in [-0.2, 0) is 18.4 Å². The molecule has 3 atom stereocenters. The number of amides is 1. The summed E-state index contributed by atoms with van der Waals surface area (Å²) in [5.74, 6) is -0.168. The topological polar surface area (TPSA) is 105 Å². The minimum Gasteiger partial charge on any atom is -0.387 e. The van der Waals surface area contributed by atoms with Crippen LogP contribution in [0.4, 0.5) is 0 Å². The van der Waals surface area contributed by atoms with Crippen LogP contribution in [0.5, 0.6) is 0 Å². The first-order valence-corrected chi connectivity index (χ1v) is 38.9. The van der Waals surface area contributed by atoms with E-state index >= 15 is 0 Å². The van der Waals surface area contributed by atoms with E-state index in [1.54, 1.807) is 6.08 Å². The van der Waals surface area contributed by atoms with Crippen LogP contribution in [0.15, 0.2) is 36.5 Å². The van der Waals surface area contributed by atoms with E-state index in [0.29, 0.717) is 17.4 Å². The Morgan fingerprint density at radius 1 is 0.405 bits per heavy atom. The number of rotatable bonds is 70. The van der Waals surface area contributed by atoms with Gasteiger partial charge in [0.05, 0.1) is 39.9 Å². The number of aliphatic hydroxyl groups is 1. The number of unbranched alkanes of at least 4 members (excludes halogenated alkanes) is 53. The summed E-state index contributed by atoms with van der Waals surface area (Å²) in [4.78, 5) is 23.4. The molecule has 498 valence electrons. The van der Waals surface area contributed by atoms with Gasteiger partial charge in [0.1, 0.15) is 13.2 Å². The maximum Gasteiger partial charge on any atom is 0.472 e. The average Bonchev–Trinajstić information content (AvgIpc) is 3.56. The first kappa shape index (κ1) is 82.7. The van der Waals surface area contributed by atoms with Crippen LogP contribution >= 0.6 is 7.82 Å². The molecule has 0 rings (SSSR count). The Hall–Kier alpha value is -1.28. The van der Waals surface area contributed by atoms with Crippen molar-refractivity contribution in [3.8, 4) is 0 Å². The molecule has 0 aromatic heterocycles. The van der Waals surface area contributed by atoms with E-state index in [1.165, 1.54) is 327 Å². The monoisotopic (exact) mass is 1200 g/mol. The van der Waals surface area contributed by atoms with Gasteiger partial charge in [-0.25, -0.2) is 4.57 Å². The molecule has 0 saturated carbocycles. The molecule has 3 N–H and O–H groups in total. The second-order valence-electron chi connectivity index (χ2n) is 27.0. The fourth-order valence-electron chi connectivity index (χ4n) is 11.5. The average molecular weight is 1200 g/mol. The lowest BCUT2D eigenvalue weighted by Gasteiger charge is -2.25. The number of nitrogens with one attached hydrogen (secondary N) is 1. The molecule has 0 aliphatic carbocycles. The summed E-state index contributed by atoms with van der Waals surface area (Å²) >= 11 is 0. The molecule has 8 nitrogen and oxygen atoms in total. The van der Waals surface area contributed by atoms with E-state index in [2.05, 4.69) is 43.5 Å². The van der Waals surface area contributed by atoms with E-state index in [-0.39, 0.29) is 19.1 Å². The standard InChI is InChI=1S/C75H147N2O6P/c1-6-8-10-12-14-16-18-20-22-24-26-28-30-32-33-34-35-36-37-38-39-40-41-42-43-45-47-49-51-53-55-57-59-61-63-65-67-69-75(79)76-73(72-83-84(80,81)82-71-70-77(3,4)5)74(78)68-66-64-62-60-58-56-54-52-50-48-46-44-31-29-27-25-23-21-19-17-15-13-11-9-7-2/h18,20,24,26,66,68,73-74,78H,6-17,19,21-23,25,27-65,67,69-72H2,1-5H3,(H-,76,79,80,81)/p+1/b20-18-,26-24-,68-66+. The summed E-state index contributed by atoms with van der Waals surface area (Å²) < 4.78 is 23.9. The van der Waals surface area contributed by atoms with Gasteiger partial charge in [-0.05, 0) is 51.4 Å². The van der Waals surface area contributed by atoms with Crippen LogP contribution in [0, 0.1) is 0 Å². The number of phosphoric ester groups is 1. The molecule has 0 spiro atoms. The molecular formula is C75H148N2O6P+. The second kappa shape index (κ2) is 66.1. The Labute approximate surface area is 525 Å². The van der Waals surface area contributed by atoms with Gasteiger partial charge in [-0.2, -0.15) is 0 Å². The molecule has 0 aromatic rings. The highest BCUT2D eigenvalue weighted by atomic mass is 31.2. The van der Waals surface area contributed by atoms with Crippen molar-refractivity contribution in [2.24, 2.45) is 0 Å². The normalized spacial score (nSPS) is 13.8. The molecule has 3 unspecified atom stereocenters. The molecule has 0 aliphatic rings. The summed E-state index contributed by atoms with van der Waals surface area (Å²) in [6.07, 6.45) is 88.9. The maximum absolute atomic E-state index is 13.1. The SMILES string of the molecule is CCCCCCC/C=C\C/C=C\CCCCCCCCCCCCCCCCCCCCCCCCCCCC(=O)NC(COP(=O)(O)OCC[N+](C)(C)C)C(O)/C=C/CCCCCCCCCCCCCCCCCCCCCCCCC. The lowest BCUT2D eigenvalue weighted by molar-refractivity contribution is -0.870. The molecule has 0 saturated heterocycles. The molecule has 84 heavy (non-hydrogen) atoms. The fourth-order valence-corrected chi connectivity index (χ4v) is 12.3. The third kappa shape index (κ3) is 68.2. The fraction of sp³-hybridized carbons (Fsp3) is 0.907. The quantitative estimate of drug-likeness (QED) is 0.0243. The van der Waals surface area contributed by atoms with Crippen molar-refractivity contribution in [3.63, 3.8) is 0 Å². The van der Waals surface area contributed by atoms with E-state index < -0.39 is 20.0 Å². The Balaban J connectivity index is 3.96. The Morgan fingerprint density at radius 3 is 0.976 bits per heavy atom. The molecule has 0 radical (unpaired) electrons. The van der Waals surface area contributed by atoms with Crippen LogP contribution in [0.1, 0.15) is 386 Å². The lowest BCUT2D eigenvalue weighted by Crippen LogP contribution is -2.45. The van der Waals surface area contributed by atoms with E-state index in [0.717, 1.165) is 38.5 Å². The minimum atomic E-state index is -4.35. The summed E-state index contributed by atoms with van der Waals surface area (Å²) in [6.45, 7) is 4.87. The summed E-state index contributed by atoms with van der Waals surface area (Å²) in [6, 6.07) is -0.846. The maximum atomic E-state index is 13.1.